The molecule has 0 aliphatic carbocycles. The average Bonchev–Trinajstić information content (AvgIpc) is 2.70. The summed E-state index contributed by atoms with van der Waals surface area (Å²) in [5.74, 6) is 0.567. The Morgan fingerprint density at radius 1 is 1.21 bits per heavy atom. The van der Waals surface area contributed by atoms with E-state index in [0.717, 1.165) is 28.6 Å². The molecule has 0 spiro atoms. The van der Waals surface area contributed by atoms with Crippen molar-refractivity contribution in [2.75, 3.05) is 18.2 Å². The fourth-order valence-electron chi connectivity index (χ4n) is 2.65. The molecule has 0 saturated heterocycles. The van der Waals surface area contributed by atoms with Crippen LogP contribution in [0.25, 0.3) is 5.69 Å². The molecule has 0 unspecified atom stereocenters. The number of thioether (sulfide) groups is 1. The highest BCUT2D eigenvalue weighted by atomic mass is 32.2. The second-order valence-corrected chi connectivity index (χ2v) is 7.23. The van der Waals surface area contributed by atoms with E-state index in [1.54, 1.807) is 25.6 Å². The Kier molecular flexibility index (Phi) is 6.16. The number of nitrogens with one attached hydrogen (secondary N) is 1. The number of benzene rings is 2. The Labute approximate surface area is 167 Å². The number of carbonyl (C=O) groups excluding carboxylic acids is 1. The smallest absolute Gasteiger partial charge is 0.287 e. The molecule has 144 valence electrons. The Morgan fingerprint density at radius 3 is 2.82 bits per heavy atom. The van der Waals surface area contributed by atoms with Crippen LogP contribution in [0.2, 0.25) is 0 Å². The molecule has 1 N–H and O–H groups in total. The van der Waals surface area contributed by atoms with Crippen molar-refractivity contribution in [1.29, 1.82) is 0 Å². The molecule has 0 aliphatic heterocycles. The molecular formula is C21H21N3O3S. The molecule has 1 amide bonds. The van der Waals surface area contributed by atoms with Crippen LogP contribution in [0.15, 0.2) is 64.7 Å². The summed E-state index contributed by atoms with van der Waals surface area (Å²) < 4.78 is 6.70. The molecule has 0 fully saturated rings. The van der Waals surface area contributed by atoms with Gasteiger partial charge in [-0.25, -0.2) is 4.98 Å². The predicted molar refractivity (Wildman–Crippen MR) is 112 cm³/mol. The highest BCUT2D eigenvalue weighted by molar-refractivity contribution is 7.99. The number of carbonyl (C=O) groups is 1. The highest BCUT2D eigenvalue weighted by Crippen LogP contribution is 2.19. The van der Waals surface area contributed by atoms with Crippen molar-refractivity contribution in [1.82, 2.24) is 9.55 Å². The Morgan fingerprint density at radius 2 is 2.04 bits per heavy atom. The Balaban J connectivity index is 1.73. The molecule has 3 rings (SSSR count). The van der Waals surface area contributed by atoms with Crippen LogP contribution in [0.3, 0.4) is 0 Å². The van der Waals surface area contributed by atoms with Gasteiger partial charge in [0.25, 0.3) is 5.56 Å². The van der Waals surface area contributed by atoms with Crippen molar-refractivity contribution in [2.45, 2.75) is 18.9 Å². The Hall–Kier alpha value is -3.06. The zero-order valence-corrected chi connectivity index (χ0v) is 16.7. The fourth-order valence-corrected chi connectivity index (χ4v) is 3.34. The first-order valence-corrected chi connectivity index (χ1v) is 9.68. The number of anilines is 1. The first-order chi connectivity index (χ1) is 13.5. The van der Waals surface area contributed by atoms with E-state index in [-0.39, 0.29) is 22.2 Å². The van der Waals surface area contributed by atoms with Gasteiger partial charge in [0.15, 0.2) is 5.03 Å². The second-order valence-electron chi connectivity index (χ2n) is 6.26. The van der Waals surface area contributed by atoms with E-state index in [1.165, 1.54) is 4.57 Å². The van der Waals surface area contributed by atoms with Gasteiger partial charge < -0.3 is 10.1 Å². The fraction of sp³-hybridized carbons (Fsp3) is 0.190. The maximum absolute atomic E-state index is 12.7. The third-order valence-corrected chi connectivity index (χ3v) is 5.11. The lowest BCUT2D eigenvalue weighted by Gasteiger charge is -2.10. The van der Waals surface area contributed by atoms with Crippen LogP contribution < -0.4 is 15.6 Å². The van der Waals surface area contributed by atoms with Crippen molar-refractivity contribution in [2.24, 2.45) is 0 Å². The van der Waals surface area contributed by atoms with Gasteiger partial charge in [0.2, 0.25) is 5.91 Å². The van der Waals surface area contributed by atoms with Gasteiger partial charge in [0.05, 0.1) is 18.6 Å². The molecule has 6 nitrogen and oxygen atoms in total. The number of ether oxygens (including phenoxy) is 1. The summed E-state index contributed by atoms with van der Waals surface area (Å²) in [5.41, 5.74) is 3.23. The molecule has 0 bridgehead atoms. The summed E-state index contributed by atoms with van der Waals surface area (Å²) in [6, 6.07) is 13.1. The number of methoxy groups -OCH3 is 1. The van der Waals surface area contributed by atoms with Crippen molar-refractivity contribution in [3.63, 3.8) is 0 Å². The molecule has 7 heteroatoms. The largest absolute Gasteiger partial charge is 0.497 e. The van der Waals surface area contributed by atoms with Gasteiger partial charge in [-0.3, -0.25) is 14.2 Å². The number of hydrogen-bond acceptors (Lipinski definition) is 5. The van der Waals surface area contributed by atoms with E-state index in [2.05, 4.69) is 10.3 Å². The number of rotatable bonds is 6. The van der Waals surface area contributed by atoms with E-state index in [4.69, 9.17) is 4.74 Å². The molecular weight excluding hydrogens is 374 g/mol. The number of hydrogen-bond donors (Lipinski definition) is 1. The maximum Gasteiger partial charge on any atom is 0.287 e. The summed E-state index contributed by atoms with van der Waals surface area (Å²) in [5, 5.41) is 3.15. The van der Waals surface area contributed by atoms with Crippen LogP contribution in [0, 0.1) is 13.8 Å². The van der Waals surface area contributed by atoms with Gasteiger partial charge in [0, 0.05) is 24.1 Å². The standard InChI is InChI=1S/C21H21N3O3S/c1-14-7-8-15(2)18(11-14)23-19(25)13-28-20-21(26)24(10-9-22-20)16-5-4-6-17(12-16)27-3/h4-12H,13H2,1-3H3,(H,23,25). The number of nitrogens with zero attached hydrogens (tertiary/aromatic N) is 2. The third-order valence-electron chi connectivity index (χ3n) is 4.15. The minimum Gasteiger partial charge on any atom is -0.497 e. The van der Waals surface area contributed by atoms with Gasteiger partial charge in [-0.1, -0.05) is 30.0 Å². The minimum atomic E-state index is -0.278. The van der Waals surface area contributed by atoms with Crippen LogP contribution >= 0.6 is 11.8 Å². The van der Waals surface area contributed by atoms with Gasteiger partial charge in [-0.2, -0.15) is 0 Å². The predicted octanol–water partition coefficient (Wildman–Crippen LogP) is 3.59. The summed E-state index contributed by atoms with van der Waals surface area (Å²) in [6.07, 6.45) is 3.14. The van der Waals surface area contributed by atoms with Crippen LogP contribution in [-0.4, -0.2) is 28.3 Å². The maximum atomic E-state index is 12.7. The van der Waals surface area contributed by atoms with E-state index in [0.29, 0.717) is 11.4 Å². The van der Waals surface area contributed by atoms with Crippen molar-refractivity contribution in [3.05, 3.63) is 76.3 Å². The molecule has 2 aromatic carbocycles. The lowest BCUT2D eigenvalue weighted by Crippen LogP contribution is -2.22. The second kappa shape index (κ2) is 8.75. The van der Waals surface area contributed by atoms with Gasteiger partial charge >= 0.3 is 0 Å². The van der Waals surface area contributed by atoms with Crippen LogP contribution in [0.5, 0.6) is 5.75 Å². The average molecular weight is 395 g/mol. The van der Waals surface area contributed by atoms with Crippen LogP contribution in [0.4, 0.5) is 5.69 Å². The lowest BCUT2D eigenvalue weighted by molar-refractivity contribution is -0.113. The quantitative estimate of drug-likeness (QED) is 0.646. The van der Waals surface area contributed by atoms with Crippen LogP contribution in [-0.2, 0) is 4.79 Å². The van der Waals surface area contributed by atoms with Crippen molar-refractivity contribution >= 4 is 23.4 Å². The molecule has 3 aromatic rings. The first kappa shape index (κ1) is 19.7. The summed E-state index contributed by atoms with van der Waals surface area (Å²) in [6.45, 7) is 3.91. The summed E-state index contributed by atoms with van der Waals surface area (Å²) in [7, 11) is 1.57. The monoisotopic (exact) mass is 395 g/mol. The zero-order chi connectivity index (χ0) is 20.1. The van der Waals surface area contributed by atoms with E-state index in [9.17, 15) is 9.59 Å². The molecule has 28 heavy (non-hydrogen) atoms. The van der Waals surface area contributed by atoms with E-state index >= 15 is 0 Å². The molecule has 0 radical (unpaired) electrons. The van der Waals surface area contributed by atoms with Crippen molar-refractivity contribution < 1.29 is 9.53 Å². The number of aromatic nitrogens is 2. The normalized spacial score (nSPS) is 10.5. The number of amides is 1. The summed E-state index contributed by atoms with van der Waals surface area (Å²) in [4.78, 5) is 29.2. The summed E-state index contributed by atoms with van der Waals surface area (Å²) >= 11 is 1.12. The minimum absolute atomic E-state index is 0.0950. The first-order valence-electron chi connectivity index (χ1n) is 8.70. The molecule has 0 saturated carbocycles. The van der Waals surface area contributed by atoms with Gasteiger partial charge in [0.1, 0.15) is 5.75 Å². The molecule has 1 heterocycles. The zero-order valence-electron chi connectivity index (χ0n) is 15.9. The molecule has 0 aliphatic rings. The van der Waals surface area contributed by atoms with Crippen molar-refractivity contribution in [3.8, 4) is 11.4 Å². The van der Waals surface area contributed by atoms with Crippen LogP contribution in [0.1, 0.15) is 11.1 Å². The Bertz CT molecular complexity index is 1060. The highest BCUT2D eigenvalue weighted by Gasteiger charge is 2.11. The topological polar surface area (TPSA) is 73.2 Å². The van der Waals surface area contributed by atoms with E-state index < -0.39 is 0 Å². The molecule has 1 aromatic heterocycles. The SMILES string of the molecule is COc1cccc(-n2ccnc(SCC(=O)Nc3cc(C)ccc3C)c2=O)c1. The lowest BCUT2D eigenvalue weighted by atomic mass is 10.1. The van der Waals surface area contributed by atoms with Gasteiger partial charge in [-0.05, 0) is 43.2 Å². The van der Waals surface area contributed by atoms with E-state index in [1.807, 2.05) is 50.2 Å². The molecule has 0 atom stereocenters. The third kappa shape index (κ3) is 4.61. The number of aryl methyl sites for hydroxylation is 2. The van der Waals surface area contributed by atoms with Gasteiger partial charge in [-0.15, -0.1) is 0 Å².